The van der Waals surface area contributed by atoms with E-state index in [2.05, 4.69) is 32.6 Å². The SMILES string of the molecule is CCCCCCCCC.C[S+](C)C.[I-]. The second kappa shape index (κ2) is 19.6. The van der Waals surface area contributed by atoms with Crippen molar-refractivity contribution in [2.75, 3.05) is 18.8 Å². The molecule has 0 radical (unpaired) electrons. The number of unbranched alkanes of at least 4 members (excludes halogenated alkanes) is 6. The Balaban J connectivity index is -0.000000209. The van der Waals surface area contributed by atoms with Crippen LogP contribution >= 0.6 is 0 Å². The van der Waals surface area contributed by atoms with Gasteiger partial charge < -0.3 is 24.0 Å². The first-order valence-electron chi connectivity index (χ1n) is 5.64. The molecule has 0 saturated carbocycles. The molecular formula is C12H29IS. The third-order valence-corrected chi connectivity index (χ3v) is 1.71. The maximum absolute atomic E-state index is 2.26. The Kier molecular flexibility index (Phi) is 28.7. The highest BCUT2D eigenvalue weighted by atomic mass is 127. The lowest BCUT2D eigenvalue weighted by Crippen LogP contribution is -3.00. The van der Waals surface area contributed by atoms with Gasteiger partial charge in [-0.2, -0.15) is 0 Å². The minimum atomic E-state index is 0. The predicted octanol–water partition coefficient (Wildman–Crippen LogP) is 1.26. The molecule has 0 aliphatic heterocycles. The zero-order chi connectivity index (χ0) is 10.5. The standard InChI is InChI=1S/C9H20.C3H9S.HI/c1-3-5-7-9-8-6-4-2;1-4(2)3;/h3-9H2,1-2H3;1-3H3;1H/q;+1;/p-1. The van der Waals surface area contributed by atoms with E-state index in [1.54, 1.807) is 0 Å². The molecule has 0 aliphatic rings. The zero-order valence-corrected chi connectivity index (χ0v) is 13.7. The summed E-state index contributed by atoms with van der Waals surface area (Å²) < 4.78 is 0. The average molecular weight is 332 g/mol. The number of hydrogen-bond donors (Lipinski definition) is 0. The molecule has 90 valence electrons. The Morgan fingerprint density at radius 1 is 0.643 bits per heavy atom. The highest BCUT2D eigenvalue weighted by Gasteiger charge is 1.85. The van der Waals surface area contributed by atoms with Crippen molar-refractivity contribution in [3.05, 3.63) is 0 Å². The minimum Gasteiger partial charge on any atom is -1.00 e. The molecule has 0 fully saturated rings. The monoisotopic (exact) mass is 332 g/mol. The molecular weight excluding hydrogens is 303 g/mol. The van der Waals surface area contributed by atoms with Crippen molar-refractivity contribution in [1.29, 1.82) is 0 Å². The van der Waals surface area contributed by atoms with E-state index < -0.39 is 0 Å². The van der Waals surface area contributed by atoms with Gasteiger partial charge in [-0.1, -0.05) is 58.8 Å². The van der Waals surface area contributed by atoms with Crippen LogP contribution in [0, 0.1) is 0 Å². The highest BCUT2D eigenvalue weighted by molar-refractivity contribution is 7.94. The van der Waals surface area contributed by atoms with Crippen molar-refractivity contribution in [2.24, 2.45) is 0 Å². The maximum atomic E-state index is 2.26. The first-order valence-corrected chi connectivity index (χ1v) is 8.09. The van der Waals surface area contributed by atoms with Gasteiger partial charge >= 0.3 is 0 Å². The van der Waals surface area contributed by atoms with Gasteiger partial charge in [0.1, 0.15) is 0 Å². The Morgan fingerprint density at radius 3 is 1.07 bits per heavy atom. The molecule has 0 bridgehead atoms. The molecule has 0 atom stereocenters. The van der Waals surface area contributed by atoms with E-state index >= 15 is 0 Å². The van der Waals surface area contributed by atoms with Gasteiger partial charge in [-0.25, -0.2) is 0 Å². The fourth-order valence-electron chi connectivity index (χ4n) is 1.03. The van der Waals surface area contributed by atoms with Gasteiger partial charge in [0.2, 0.25) is 0 Å². The van der Waals surface area contributed by atoms with E-state index in [9.17, 15) is 0 Å². The van der Waals surface area contributed by atoms with E-state index in [0.717, 1.165) is 0 Å². The molecule has 0 unspecified atom stereocenters. The Labute approximate surface area is 112 Å². The number of hydrogen-bond acceptors (Lipinski definition) is 0. The van der Waals surface area contributed by atoms with Crippen LogP contribution in [0.3, 0.4) is 0 Å². The summed E-state index contributed by atoms with van der Waals surface area (Å²) in [6, 6.07) is 0. The zero-order valence-electron chi connectivity index (χ0n) is 10.7. The third kappa shape index (κ3) is 38.1. The molecule has 0 amide bonds. The molecule has 2 heteroatoms. The third-order valence-electron chi connectivity index (χ3n) is 1.71. The lowest BCUT2D eigenvalue weighted by Gasteiger charge is -1.96. The van der Waals surface area contributed by atoms with E-state index in [-0.39, 0.29) is 24.0 Å². The fourth-order valence-corrected chi connectivity index (χ4v) is 1.03. The minimum absolute atomic E-state index is 0. The predicted molar refractivity (Wildman–Crippen MR) is 68.8 cm³/mol. The van der Waals surface area contributed by atoms with Crippen LogP contribution in [0.25, 0.3) is 0 Å². The van der Waals surface area contributed by atoms with Crippen molar-refractivity contribution in [2.45, 2.75) is 58.8 Å². The Morgan fingerprint density at radius 2 is 0.857 bits per heavy atom. The molecule has 0 aromatic carbocycles. The van der Waals surface area contributed by atoms with Gasteiger partial charge in [0.15, 0.2) is 0 Å². The first kappa shape index (κ1) is 20.5. The van der Waals surface area contributed by atoms with E-state index in [4.69, 9.17) is 0 Å². The number of halogens is 1. The van der Waals surface area contributed by atoms with Gasteiger partial charge in [-0.3, -0.25) is 0 Å². The summed E-state index contributed by atoms with van der Waals surface area (Å²) in [7, 11) is 0.639. The van der Waals surface area contributed by atoms with Crippen LogP contribution in [-0.2, 0) is 10.9 Å². The molecule has 0 aliphatic carbocycles. The van der Waals surface area contributed by atoms with Crippen LogP contribution < -0.4 is 24.0 Å². The lowest BCUT2D eigenvalue weighted by molar-refractivity contribution is -0.00000323. The molecule has 0 N–H and O–H groups in total. The Bertz CT molecular complexity index is 66.0. The normalized spacial score (nSPS) is 9.00. The van der Waals surface area contributed by atoms with Crippen LogP contribution in [0.1, 0.15) is 58.8 Å². The summed E-state index contributed by atoms with van der Waals surface area (Å²) in [6.45, 7) is 4.53. The van der Waals surface area contributed by atoms with Gasteiger partial charge in [0.05, 0.1) is 18.8 Å². The van der Waals surface area contributed by atoms with Crippen molar-refractivity contribution in [3.63, 3.8) is 0 Å². The first-order chi connectivity index (χ1) is 6.15. The summed E-state index contributed by atoms with van der Waals surface area (Å²) in [5, 5.41) is 0. The van der Waals surface area contributed by atoms with Gasteiger partial charge in [-0.05, 0) is 10.9 Å². The van der Waals surface area contributed by atoms with Crippen molar-refractivity contribution >= 4 is 10.9 Å². The molecule has 0 nitrogen and oxygen atoms in total. The quantitative estimate of drug-likeness (QED) is 0.390. The van der Waals surface area contributed by atoms with Gasteiger partial charge in [-0.15, -0.1) is 0 Å². The molecule has 0 saturated heterocycles. The molecule has 0 spiro atoms. The number of rotatable bonds is 6. The second-order valence-corrected chi connectivity index (χ2v) is 6.44. The smallest absolute Gasteiger partial charge is 0.0969 e. The van der Waals surface area contributed by atoms with E-state index in [1.165, 1.54) is 44.9 Å². The van der Waals surface area contributed by atoms with Crippen molar-refractivity contribution < 1.29 is 24.0 Å². The molecule has 0 rings (SSSR count). The summed E-state index contributed by atoms with van der Waals surface area (Å²) in [5.74, 6) is 0. The van der Waals surface area contributed by atoms with E-state index in [0.29, 0.717) is 10.9 Å². The fraction of sp³-hybridized carbons (Fsp3) is 1.00. The van der Waals surface area contributed by atoms with Crippen LogP contribution in [0.5, 0.6) is 0 Å². The molecule has 0 aromatic heterocycles. The van der Waals surface area contributed by atoms with Crippen LogP contribution in [-0.4, -0.2) is 18.8 Å². The largest absolute Gasteiger partial charge is 1.00 e. The topological polar surface area (TPSA) is 0 Å². The summed E-state index contributed by atoms with van der Waals surface area (Å²) in [5.41, 5.74) is 0. The molecule has 0 heterocycles. The van der Waals surface area contributed by atoms with Gasteiger partial charge in [0.25, 0.3) is 0 Å². The summed E-state index contributed by atoms with van der Waals surface area (Å²) in [6.07, 6.45) is 16.6. The van der Waals surface area contributed by atoms with Crippen LogP contribution in [0.15, 0.2) is 0 Å². The van der Waals surface area contributed by atoms with Crippen LogP contribution in [0.2, 0.25) is 0 Å². The summed E-state index contributed by atoms with van der Waals surface area (Å²) >= 11 is 0. The summed E-state index contributed by atoms with van der Waals surface area (Å²) in [4.78, 5) is 0. The molecule has 14 heavy (non-hydrogen) atoms. The van der Waals surface area contributed by atoms with Crippen LogP contribution in [0.4, 0.5) is 0 Å². The Hall–Kier alpha value is 1.08. The maximum Gasteiger partial charge on any atom is 0.0969 e. The second-order valence-electron chi connectivity index (χ2n) is 3.99. The average Bonchev–Trinajstić information content (AvgIpc) is 2.03. The van der Waals surface area contributed by atoms with E-state index in [1.807, 2.05) is 0 Å². The highest BCUT2D eigenvalue weighted by Crippen LogP contribution is 2.05. The van der Waals surface area contributed by atoms with Crippen molar-refractivity contribution in [1.82, 2.24) is 0 Å². The molecule has 0 aromatic rings. The lowest BCUT2D eigenvalue weighted by atomic mass is 10.1. The van der Waals surface area contributed by atoms with Gasteiger partial charge in [0, 0.05) is 0 Å². The van der Waals surface area contributed by atoms with Crippen molar-refractivity contribution in [3.8, 4) is 0 Å².